The lowest BCUT2D eigenvalue weighted by Crippen LogP contribution is -2.42. The Labute approximate surface area is 127 Å². The van der Waals surface area contributed by atoms with Crippen LogP contribution in [-0.4, -0.2) is 10.9 Å². The first kappa shape index (κ1) is 8.21. The maximum atomic E-state index is 12.6. The van der Waals surface area contributed by atoms with E-state index in [1.807, 2.05) is 6.92 Å². The van der Waals surface area contributed by atoms with Crippen LogP contribution < -0.4 is 0 Å². The van der Waals surface area contributed by atoms with Gasteiger partial charge >= 0.3 is 0 Å². The monoisotopic (exact) mass is 275 g/mol. The van der Waals surface area contributed by atoms with Crippen LogP contribution in [0.5, 0.6) is 5.75 Å². The Hall–Kier alpha value is -1.31. The highest BCUT2D eigenvalue weighted by Crippen LogP contribution is 2.59. The first-order valence-corrected chi connectivity index (χ1v) is 7.46. The minimum atomic E-state index is -1.78. The molecule has 4 atom stereocenters. The van der Waals surface area contributed by atoms with Crippen LogP contribution in [0.2, 0.25) is 0 Å². The second-order valence-electron chi connectivity index (χ2n) is 6.70. The largest absolute Gasteiger partial charge is 0.508 e. The summed E-state index contributed by atoms with van der Waals surface area (Å²) in [7, 11) is 0. The minimum absolute atomic E-state index is 0.00543. The zero-order chi connectivity index (χ0) is 18.3. The minimum Gasteiger partial charge on any atom is -0.508 e. The molecule has 1 aromatic carbocycles. The first-order valence-electron chi connectivity index (χ1n) is 9.96. The van der Waals surface area contributed by atoms with Crippen LogP contribution >= 0.6 is 0 Å². The fourth-order valence-electron chi connectivity index (χ4n) is 4.70. The van der Waals surface area contributed by atoms with Crippen molar-refractivity contribution in [3.05, 3.63) is 29.3 Å². The van der Waals surface area contributed by atoms with Gasteiger partial charge in [0.25, 0.3) is 0 Å². The second-order valence-corrected chi connectivity index (χ2v) is 6.70. The van der Waals surface area contributed by atoms with E-state index in [0.29, 0.717) is 30.4 Å². The Balaban J connectivity index is 1.82. The highest BCUT2D eigenvalue weighted by Gasteiger charge is 2.54. The van der Waals surface area contributed by atoms with Crippen molar-refractivity contribution in [1.29, 1.82) is 0 Å². The predicted octanol–water partition coefficient (Wildman–Crippen LogP) is 3.82. The van der Waals surface area contributed by atoms with Crippen molar-refractivity contribution < 1.29 is 16.8 Å². The third kappa shape index (κ3) is 1.54. The van der Waals surface area contributed by atoms with Crippen LogP contribution in [0.4, 0.5) is 0 Å². The molecule has 2 heteroatoms. The van der Waals surface area contributed by atoms with Gasteiger partial charge in [0.15, 0.2) is 0 Å². The van der Waals surface area contributed by atoms with Crippen LogP contribution in [0, 0.1) is 17.3 Å². The number of benzene rings is 1. The number of carbonyl (C=O) groups excluding carboxylic acids is 1. The van der Waals surface area contributed by atoms with Gasteiger partial charge in [-0.15, -0.1) is 0 Å². The summed E-state index contributed by atoms with van der Waals surface area (Å²) in [5.74, 6) is -0.688. The number of ketones is 1. The van der Waals surface area contributed by atoms with Gasteiger partial charge in [0.05, 0.1) is 4.11 Å². The van der Waals surface area contributed by atoms with Crippen molar-refractivity contribution in [1.82, 2.24) is 0 Å². The topological polar surface area (TPSA) is 37.3 Å². The molecule has 1 N–H and O–H groups in total. The van der Waals surface area contributed by atoms with Crippen molar-refractivity contribution in [3.63, 3.8) is 0 Å². The SMILES string of the molecule is [2H]c1c([2H])c2c(c([2H])c1O)CC[C@@H]1[C@@H]2CC[C@]2(C)C(=O)C([2H])([2H])C[C@@H]12. The van der Waals surface area contributed by atoms with E-state index in [0.717, 1.165) is 6.42 Å². The summed E-state index contributed by atoms with van der Waals surface area (Å²) in [6, 6.07) is -0.342. The number of Topliss-reactive ketones (excluding diaryl/α,β-unsaturated/α-hetero) is 1. The summed E-state index contributed by atoms with van der Waals surface area (Å²) in [5, 5.41) is 9.94. The molecular weight excluding hydrogens is 248 g/mol. The third-order valence-corrected chi connectivity index (χ3v) is 5.84. The van der Waals surface area contributed by atoms with Gasteiger partial charge in [0, 0.05) is 14.5 Å². The molecule has 0 aromatic heterocycles. The van der Waals surface area contributed by atoms with Crippen LogP contribution in [-0.2, 0) is 11.2 Å². The number of fused-ring (bicyclic) bond motifs is 5. The molecule has 3 aliphatic rings. The van der Waals surface area contributed by atoms with Crippen molar-refractivity contribution in [3.8, 4) is 5.75 Å². The lowest BCUT2D eigenvalue weighted by atomic mass is 9.55. The van der Waals surface area contributed by atoms with Gasteiger partial charge in [-0.05, 0) is 73.1 Å². The van der Waals surface area contributed by atoms with E-state index in [4.69, 9.17) is 6.85 Å². The molecule has 106 valence electrons. The molecule has 20 heavy (non-hydrogen) atoms. The first-order chi connectivity index (χ1) is 11.6. The van der Waals surface area contributed by atoms with E-state index in [2.05, 4.69) is 0 Å². The maximum Gasteiger partial charge on any atom is 0.139 e. The van der Waals surface area contributed by atoms with E-state index in [1.165, 1.54) is 0 Å². The van der Waals surface area contributed by atoms with Crippen LogP contribution in [0.25, 0.3) is 0 Å². The Morgan fingerprint density at radius 3 is 3.10 bits per heavy atom. The predicted molar refractivity (Wildman–Crippen MR) is 77.7 cm³/mol. The van der Waals surface area contributed by atoms with Crippen molar-refractivity contribution in [2.24, 2.45) is 17.3 Å². The molecule has 0 aliphatic heterocycles. The molecule has 3 aliphatic carbocycles. The summed E-state index contributed by atoms with van der Waals surface area (Å²) in [6.07, 6.45) is 0.974. The van der Waals surface area contributed by atoms with Crippen molar-refractivity contribution >= 4 is 5.78 Å². The maximum absolute atomic E-state index is 12.6. The number of hydrogen-bond acceptors (Lipinski definition) is 2. The summed E-state index contributed by atoms with van der Waals surface area (Å²) in [6.45, 7) is 1.89. The highest BCUT2D eigenvalue weighted by atomic mass is 16.3. The zero-order valence-corrected chi connectivity index (χ0v) is 11.6. The summed E-state index contributed by atoms with van der Waals surface area (Å²) in [5.41, 5.74) is 0.705. The molecule has 0 unspecified atom stereocenters. The van der Waals surface area contributed by atoms with E-state index in [1.54, 1.807) is 0 Å². The van der Waals surface area contributed by atoms with Crippen molar-refractivity contribution in [2.75, 3.05) is 0 Å². The second kappa shape index (κ2) is 4.09. The number of rotatable bonds is 0. The molecule has 2 nitrogen and oxygen atoms in total. The quantitative estimate of drug-likeness (QED) is 0.781. The molecule has 4 rings (SSSR count). The highest BCUT2D eigenvalue weighted by molar-refractivity contribution is 5.87. The lowest BCUT2D eigenvalue weighted by molar-refractivity contribution is -0.129. The molecule has 0 bridgehead atoms. The Morgan fingerprint density at radius 2 is 2.25 bits per heavy atom. The van der Waals surface area contributed by atoms with Gasteiger partial charge in [0.1, 0.15) is 11.5 Å². The number of aromatic hydroxyl groups is 1. The fraction of sp³-hybridized carbons (Fsp3) is 0.611. The molecule has 0 radical (unpaired) electrons. The van der Waals surface area contributed by atoms with Crippen LogP contribution in [0.1, 0.15) is 62.9 Å². The van der Waals surface area contributed by atoms with E-state index < -0.39 is 17.5 Å². The van der Waals surface area contributed by atoms with Crippen molar-refractivity contribution in [2.45, 2.75) is 51.3 Å². The molecule has 0 amide bonds. The Morgan fingerprint density at radius 1 is 1.40 bits per heavy atom. The molecule has 1 aromatic rings. The summed E-state index contributed by atoms with van der Waals surface area (Å²) < 4.78 is 40.6. The molecular formula is C18H22O2. The average molecular weight is 275 g/mol. The van der Waals surface area contributed by atoms with Gasteiger partial charge in [0.2, 0.25) is 0 Å². The Bertz CT molecular complexity index is 790. The van der Waals surface area contributed by atoms with Crippen LogP contribution in [0.3, 0.4) is 0 Å². The summed E-state index contributed by atoms with van der Waals surface area (Å²) in [4.78, 5) is 12.6. The van der Waals surface area contributed by atoms with Gasteiger partial charge in [-0.2, -0.15) is 0 Å². The molecule has 0 spiro atoms. The third-order valence-electron chi connectivity index (χ3n) is 5.84. The number of hydrogen-bond donors (Lipinski definition) is 1. The molecule has 0 saturated heterocycles. The zero-order valence-electron chi connectivity index (χ0n) is 16.6. The Kier molecular flexibility index (Phi) is 1.68. The van der Waals surface area contributed by atoms with E-state index in [-0.39, 0.29) is 48.1 Å². The van der Waals surface area contributed by atoms with Gasteiger partial charge in [-0.1, -0.05) is 13.0 Å². The number of carbonyl (C=O) groups is 1. The van der Waals surface area contributed by atoms with Gasteiger partial charge in [-0.3, -0.25) is 4.79 Å². The lowest BCUT2D eigenvalue weighted by Gasteiger charge is -2.48. The van der Waals surface area contributed by atoms with Gasteiger partial charge in [-0.25, -0.2) is 0 Å². The molecule has 2 saturated carbocycles. The number of phenols is 1. The van der Waals surface area contributed by atoms with Gasteiger partial charge < -0.3 is 5.11 Å². The molecule has 0 heterocycles. The van der Waals surface area contributed by atoms with E-state index in [9.17, 15) is 9.90 Å². The normalized spacial score (nSPS) is 45.1. The van der Waals surface area contributed by atoms with Crippen LogP contribution in [0.15, 0.2) is 18.1 Å². The number of phenolic OH excluding ortho intramolecular Hbond substituents is 1. The summed E-state index contributed by atoms with van der Waals surface area (Å²) >= 11 is 0. The standard InChI is InChI=1S/C18H22O2/c1-18-9-8-14-13-5-3-12(19)10-11(13)2-4-15(14)16(18)6-7-17(18)20/h3,5,10,14-16,19H,2,4,6-9H2,1H3/t14-,15-,16+,18+/m1/s1/i3D,5D,7D2,10D. The fourth-order valence-corrected chi connectivity index (χ4v) is 4.70. The average Bonchev–Trinajstić information content (AvgIpc) is 2.77. The van der Waals surface area contributed by atoms with E-state index >= 15 is 0 Å². The molecule has 2 fully saturated rings. The smallest absolute Gasteiger partial charge is 0.139 e.